The Hall–Kier alpha value is -0.300. The van der Waals surface area contributed by atoms with Crippen molar-refractivity contribution < 1.29 is 5.11 Å². The fourth-order valence-electron chi connectivity index (χ4n) is 2.40. The molecule has 0 saturated heterocycles. The van der Waals surface area contributed by atoms with E-state index in [0.717, 1.165) is 0 Å². The molecule has 1 nitrogen and oxygen atoms in total. The first-order valence-electron chi connectivity index (χ1n) is 5.47. The molecule has 1 rings (SSSR count). The second-order valence-corrected chi connectivity index (χ2v) is 4.59. The average molecular weight is 182 g/mol. The van der Waals surface area contributed by atoms with E-state index in [4.69, 9.17) is 0 Å². The van der Waals surface area contributed by atoms with Crippen molar-refractivity contribution in [2.45, 2.75) is 45.6 Å². The van der Waals surface area contributed by atoms with Gasteiger partial charge in [0.15, 0.2) is 0 Å². The van der Waals surface area contributed by atoms with Gasteiger partial charge in [-0.2, -0.15) is 0 Å². The lowest BCUT2D eigenvalue weighted by molar-refractivity contribution is 0.0592. The van der Waals surface area contributed by atoms with E-state index in [1.54, 1.807) is 0 Å². The topological polar surface area (TPSA) is 20.2 Å². The second-order valence-electron chi connectivity index (χ2n) is 4.59. The van der Waals surface area contributed by atoms with Crippen LogP contribution in [0.4, 0.5) is 0 Å². The van der Waals surface area contributed by atoms with E-state index >= 15 is 0 Å². The highest BCUT2D eigenvalue weighted by molar-refractivity contribution is 4.92. The van der Waals surface area contributed by atoms with Crippen LogP contribution in [0.5, 0.6) is 0 Å². The minimum atomic E-state index is -0.194. The summed E-state index contributed by atoms with van der Waals surface area (Å²) < 4.78 is 0. The monoisotopic (exact) mass is 182 g/mol. The van der Waals surface area contributed by atoms with Gasteiger partial charge in [-0.1, -0.05) is 32.8 Å². The molecule has 2 atom stereocenters. The van der Waals surface area contributed by atoms with Gasteiger partial charge in [0.05, 0.1) is 6.10 Å². The minimum absolute atomic E-state index is 0.194. The molecule has 0 radical (unpaired) electrons. The first kappa shape index (κ1) is 10.8. The lowest BCUT2D eigenvalue weighted by Gasteiger charge is -2.27. The predicted octanol–water partition coefficient (Wildman–Crippen LogP) is 3.00. The van der Waals surface area contributed by atoms with Crippen LogP contribution < -0.4 is 0 Å². The van der Waals surface area contributed by atoms with Crippen molar-refractivity contribution in [2.75, 3.05) is 0 Å². The summed E-state index contributed by atoms with van der Waals surface area (Å²) in [5.74, 6) is 1.36. The lowest BCUT2D eigenvalue weighted by atomic mass is 9.82. The van der Waals surface area contributed by atoms with Crippen molar-refractivity contribution >= 4 is 0 Å². The van der Waals surface area contributed by atoms with Crippen molar-refractivity contribution in [2.24, 2.45) is 17.8 Å². The van der Waals surface area contributed by atoms with Crippen LogP contribution in [-0.2, 0) is 0 Å². The summed E-state index contributed by atoms with van der Waals surface area (Å²) in [5.41, 5.74) is 0. The van der Waals surface area contributed by atoms with Gasteiger partial charge in [-0.05, 0) is 24.7 Å². The minimum Gasteiger partial charge on any atom is -0.392 e. The van der Waals surface area contributed by atoms with E-state index < -0.39 is 0 Å². The molecule has 0 spiro atoms. The van der Waals surface area contributed by atoms with Gasteiger partial charge in [-0.3, -0.25) is 0 Å². The Balaban J connectivity index is 2.54. The van der Waals surface area contributed by atoms with E-state index in [9.17, 15) is 5.11 Å². The summed E-state index contributed by atoms with van der Waals surface area (Å²) >= 11 is 0. The Kier molecular flexibility index (Phi) is 3.98. The normalized spacial score (nSPS) is 23.4. The molecule has 1 fully saturated rings. The van der Waals surface area contributed by atoms with Crippen molar-refractivity contribution in [3.8, 4) is 0 Å². The summed E-state index contributed by atoms with van der Waals surface area (Å²) in [5, 5.41) is 9.98. The van der Waals surface area contributed by atoms with Gasteiger partial charge in [0.1, 0.15) is 0 Å². The van der Waals surface area contributed by atoms with E-state index in [2.05, 4.69) is 20.4 Å². The quantitative estimate of drug-likeness (QED) is 0.663. The zero-order valence-electron chi connectivity index (χ0n) is 8.87. The van der Waals surface area contributed by atoms with Crippen molar-refractivity contribution in [3.05, 3.63) is 12.7 Å². The zero-order valence-corrected chi connectivity index (χ0v) is 8.87. The SMILES string of the molecule is C=C[C@@H](C1CCCC1)[C@H](O)C(C)C. The molecule has 0 heterocycles. The molecule has 1 aliphatic rings. The Morgan fingerprint density at radius 2 is 1.85 bits per heavy atom. The van der Waals surface area contributed by atoms with Gasteiger partial charge in [0.25, 0.3) is 0 Å². The van der Waals surface area contributed by atoms with E-state index in [0.29, 0.717) is 17.8 Å². The third-order valence-corrected chi connectivity index (χ3v) is 3.29. The maximum absolute atomic E-state index is 9.98. The number of hydrogen-bond donors (Lipinski definition) is 1. The van der Waals surface area contributed by atoms with Gasteiger partial charge in [-0.15, -0.1) is 6.58 Å². The highest BCUT2D eigenvalue weighted by Crippen LogP contribution is 2.35. The lowest BCUT2D eigenvalue weighted by Crippen LogP contribution is -2.29. The summed E-state index contributed by atoms with van der Waals surface area (Å²) in [6, 6.07) is 0. The molecule has 0 aliphatic heterocycles. The first-order chi connectivity index (χ1) is 6.16. The van der Waals surface area contributed by atoms with Crippen molar-refractivity contribution in [1.29, 1.82) is 0 Å². The van der Waals surface area contributed by atoms with Crippen LogP contribution in [0.3, 0.4) is 0 Å². The number of hydrogen-bond acceptors (Lipinski definition) is 1. The number of aliphatic hydroxyl groups excluding tert-OH is 1. The Morgan fingerprint density at radius 3 is 2.23 bits per heavy atom. The molecule has 1 heteroatoms. The van der Waals surface area contributed by atoms with Crippen LogP contribution in [0.25, 0.3) is 0 Å². The summed E-state index contributed by atoms with van der Waals surface area (Å²) in [7, 11) is 0. The third kappa shape index (κ3) is 2.57. The largest absolute Gasteiger partial charge is 0.392 e. The molecule has 0 aromatic rings. The first-order valence-corrected chi connectivity index (χ1v) is 5.47. The molecular weight excluding hydrogens is 160 g/mol. The van der Waals surface area contributed by atoms with Crippen LogP contribution in [-0.4, -0.2) is 11.2 Å². The molecule has 0 aromatic heterocycles. The molecule has 1 aliphatic carbocycles. The fraction of sp³-hybridized carbons (Fsp3) is 0.833. The molecular formula is C12H22O. The highest BCUT2D eigenvalue weighted by atomic mass is 16.3. The molecule has 0 aromatic carbocycles. The predicted molar refractivity (Wildman–Crippen MR) is 56.5 cm³/mol. The zero-order chi connectivity index (χ0) is 9.84. The Bertz CT molecular complexity index is 155. The second kappa shape index (κ2) is 4.80. The number of rotatable bonds is 4. The summed E-state index contributed by atoms with van der Waals surface area (Å²) in [6.07, 6.45) is 6.99. The van der Waals surface area contributed by atoms with Crippen LogP contribution in [0.2, 0.25) is 0 Å². The molecule has 13 heavy (non-hydrogen) atoms. The van der Waals surface area contributed by atoms with Crippen LogP contribution in [0.15, 0.2) is 12.7 Å². The highest BCUT2D eigenvalue weighted by Gasteiger charge is 2.29. The van der Waals surface area contributed by atoms with Crippen LogP contribution >= 0.6 is 0 Å². The molecule has 1 N–H and O–H groups in total. The molecule has 0 unspecified atom stereocenters. The van der Waals surface area contributed by atoms with Gasteiger partial charge < -0.3 is 5.11 Å². The Labute approximate surface area is 81.9 Å². The van der Waals surface area contributed by atoms with Crippen molar-refractivity contribution in [1.82, 2.24) is 0 Å². The fourth-order valence-corrected chi connectivity index (χ4v) is 2.40. The molecule has 76 valence electrons. The third-order valence-electron chi connectivity index (χ3n) is 3.29. The molecule has 0 bridgehead atoms. The summed E-state index contributed by atoms with van der Waals surface area (Å²) in [6.45, 7) is 8.01. The van der Waals surface area contributed by atoms with Crippen molar-refractivity contribution in [3.63, 3.8) is 0 Å². The van der Waals surface area contributed by atoms with Crippen LogP contribution in [0, 0.1) is 17.8 Å². The van der Waals surface area contributed by atoms with Crippen LogP contribution in [0.1, 0.15) is 39.5 Å². The van der Waals surface area contributed by atoms with Gasteiger partial charge in [-0.25, -0.2) is 0 Å². The summed E-state index contributed by atoms with van der Waals surface area (Å²) in [4.78, 5) is 0. The van der Waals surface area contributed by atoms with E-state index in [1.807, 2.05) is 6.08 Å². The molecule has 0 amide bonds. The maximum atomic E-state index is 9.98. The Morgan fingerprint density at radius 1 is 1.31 bits per heavy atom. The van der Waals surface area contributed by atoms with E-state index in [-0.39, 0.29) is 6.10 Å². The molecule has 1 saturated carbocycles. The average Bonchev–Trinajstić information content (AvgIpc) is 2.58. The van der Waals surface area contributed by atoms with Gasteiger partial charge in [0.2, 0.25) is 0 Å². The standard InChI is InChI=1S/C12H22O/c1-4-11(12(13)9(2)3)10-7-5-6-8-10/h4,9-13H,1,5-8H2,2-3H3/t11-,12+/m0/s1. The van der Waals surface area contributed by atoms with Gasteiger partial charge >= 0.3 is 0 Å². The smallest absolute Gasteiger partial charge is 0.0628 e. The number of aliphatic hydroxyl groups is 1. The van der Waals surface area contributed by atoms with Gasteiger partial charge in [0, 0.05) is 5.92 Å². The van der Waals surface area contributed by atoms with E-state index in [1.165, 1.54) is 25.7 Å². The maximum Gasteiger partial charge on any atom is 0.0628 e.